The van der Waals surface area contributed by atoms with Crippen molar-refractivity contribution in [2.75, 3.05) is 19.7 Å². The van der Waals surface area contributed by atoms with Crippen molar-refractivity contribution in [3.05, 3.63) is 41.4 Å². The summed E-state index contributed by atoms with van der Waals surface area (Å²) < 4.78 is 5.63. The first-order valence-corrected chi connectivity index (χ1v) is 7.74. The number of ether oxygens (including phenoxy) is 1. The highest BCUT2D eigenvalue weighted by molar-refractivity contribution is 6.30. The molecule has 0 saturated carbocycles. The van der Waals surface area contributed by atoms with Crippen LogP contribution in [0.4, 0.5) is 0 Å². The fourth-order valence-corrected chi connectivity index (χ4v) is 2.31. The van der Waals surface area contributed by atoms with E-state index in [4.69, 9.17) is 16.3 Å². The van der Waals surface area contributed by atoms with Crippen LogP contribution in [0.3, 0.4) is 0 Å². The Morgan fingerprint density at radius 3 is 2.90 bits per heavy atom. The zero-order valence-corrected chi connectivity index (χ0v) is 13.1. The minimum Gasteiger partial charge on any atom is -0.492 e. The van der Waals surface area contributed by atoms with E-state index in [9.17, 15) is 0 Å². The molecule has 0 heterocycles. The molecule has 1 aromatic carbocycles. The van der Waals surface area contributed by atoms with Gasteiger partial charge in [0.1, 0.15) is 12.4 Å². The maximum atomic E-state index is 5.91. The third-order valence-electron chi connectivity index (χ3n) is 3.12. The molecule has 0 amide bonds. The lowest BCUT2D eigenvalue weighted by Crippen LogP contribution is -2.42. The molecule has 0 saturated heterocycles. The molecule has 0 unspecified atom stereocenters. The van der Waals surface area contributed by atoms with Crippen LogP contribution < -0.4 is 15.4 Å². The summed E-state index contributed by atoms with van der Waals surface area (Å²) in [6.45, 7) is 4.04. The average molecular weight is 308 g/mol. The van der Waals surface area contributed by atoms with Crippen molar-refractivity contribution >= 4 is 17.6 Å². The van der Waals surface area contributed by atoms with Crippen LogP contribution in [0.2, 0.25) is 5.02 Å². The van der Waals surface area contributed by atoms with E-state index in [-0.39, 0.29) is 0 Å². The smallest absolute Gasteiger partial charge is 0.191 e. The Labute approximate surface area is 131 Å². The third kappa shape index (κ3) is 5.68. The highest BCUT2D eigenvalue weighted by Crippen LogP contribution is 2.16. The van der Waals surface area contributed by atoms with Crippen LogP contribution in [0.15, 0.2) is 41.4 Å². The van der Waals surface area contributed by atoms with Crippen molar-refractivity contribution in [3.63, 3.8) is 0 Å². The molecule has 4 nitrogen and oxygen atoms in total. The Morgan fingerprint density at radius 1 is 1.38 bits per heavy atom. The van der Waals surface area contributed by atoms with Gasteiger partial charge in [0.25, 0.3) is 0 Å². The van der Waals surface area contributed by atoms with Crippen molar-refractivity contribution in [1.29, 1.82) is 0 Å². The van der Waals surface area contributed by atoms with Crippen molar-refractivity contribution in [2.24, 2.45) is 4.99 Å². The van der Waals surface area contributed by atoms with Crippen molar-refractivity contribution in [2.45, 2.75) is 25.8 Å². The summed E-state index contributed by atoms with van der Waals surface area (Å²) in [5.74, 6) is 1.62. The van der Waals surface area contributed by atoms with Crippen LogP contribution in [0.5, 0.6) is 5.75 Å². The van der Waals surface area contributed by atoms with Gasteiger partial charge >= 0.3 is 0 Å². The normalized spacial score (nSPS) is 15.2. The summed E-state index contributed by atoms with van der Waals surface area (Å²) in [6, 6.07) is 7.86. The molecular weight excluding hydrogens is 286 g/mol. The highest BCUT2D eigenvalue weighted by Gasteiger charge is 2.11. The molecule has 0 spiro atoms. The first-order valence-electron chi connectivity index (χ1n) is 7.36. The summed E-state index contributed by atoms with van der Waals surface area (Å²) >= 11 is 5.91. The molecule has 2 rings (SSSR count). The fourth-order valence-electron chi connectivity index (χ4n) is 2.13. The minimum atomic E-state index is 0.455. The van der Waals surface area contributed by atoms with Gasteiger partial charge in [-0.25, -0.2) is 4.99 Å². The largest absolute Gasteiger partial charge is 0.492 e. The number of halogens is 1. The number of aliphatic imine (C=N–C) groups is 1. The van der Waals surface area contributed by atoms with Crippen molar-refractivity contribution < 1.29 is 4.74 Å². The minimum absolute atomic E-state index is 0.455. The first-order chi connectivity index (χ1) is 10.3. The molecule has 1 aromatic rings. The second-order valence-electron chi connectivity index (χ2n) is 4.85. The second-order valence-corrected chi connectivity index (χ2v) is 5.29. The number of rotatable bonds is 6. The van der Waals surface area contributed by atoms with Crippen LogP contribution >= 0.6 is 11.6 Å². The van der Waals surface area contributed by atoms with Gasteiger partial charge in [0.05, 0.1) is 6.54 Å². The Kier molecular flexibility index (Phi) is 6.41. The lowest BCUT2D eigenvalue weighted by atomic mass is 10.2. The molecule has 0 radical (unpaired) electrons. The van der Waals surface area contributed by atoms with Crippen LogP contribution in [0.1, 0.15) is 19.8 Å². The van der Waals surface area contributed by atoms with E-state index in [0.717, 1.165) is 31.1 Å². The van der Waals surface area contributed by atoms with Gasteiger partial charge in [-0.15, -0.1) is 0 Å². The van der Waals surface area contributed by atoms with E-state index in [1.165, 1.54) is 0 Å². The number of guanidine groups is 1. The van der Waals surface area contributed by atoms with Gasteiger partial charge in [0, 0.05) is 17.6 Å². The Balaban J connectivity index is 1.76. The van der Waals surface area contributed by atoms with E-state index < -0.39 is 0 Å². The van der Waals surface area contributed by atoms with Gasteiger partial charge in [0.15, 0.2) is 5.96 Å². The van der Waals surface area contributed by atoms with Crippen LogP contribution in [-0.2, 0) is 0 Å². The standard InChI is InChI=1S/C16H22ClN3O/c1-2-18-16(20-14-7-3-4-8-14)19-10-11-21-15-9-5-6-13(17)12-15/h3-6,9,12,14H,2,7-8,10-11H2,1H3,(H2,18,19,20). The Bertz CT molecular complexity index is 494. The topological polar surface area (TPSA) is 45.7 Å². The predicted molar refractivity (Wildman–Crippen MR) is 88.2 cm³/mol. The summed E-state index contributed by atoms with van der Waals surface area (Å²) in [4.78, 5) is 4.52. The molecule has 1 aliphatic carbocycles. The molecule has 114 valence electrons. The molecule has 0 aliphatic heterocycles. The van der Waals surface area contributed by atoms with Crippen molar-refractivity contribution in [3.8, 4) is 5.75 Å². The molecule has 1 aliphatic rings. The van der Waals surface area contributed by atoms with E-state index >= 15 is 0 Å². The summed E-state index contributed by atoms with van der Waals surface area (Å²) in [5.41, 5.74) is 0. The number of hydrogen-bond donors (Lipinski definition) is 2. The molecule has 5 heteroatoms. The maximum absolute atomic E-state index is 5.91. The molecular formula is C16H22ClN3O. The lowest BCUT2D eigenvalue weighted by Gasteiger charge is -2.16. The predicted octanol–water partition coefficient (Wildman–Crippen LogP) is 2.99. The lowest BCUT2D eigenvalue weighted by molar-refractivity contribution is 0.328. The number of nitrogens with zero attached hydrogens (tertiary/aromatic N) is 1. The Hall–Kier alpha value is -1.68. The van der Waals surface area contributed by atoms with E-state index in [0.29, 0.717) is 24.2 Å². The fraction of sp³-hybridized carbons (Fsp3) is 0.438. The highest BCUT2D eigenvalue weighted by atomic mass is 35.5. The Morgan fingerprint density at radius 2 is 2.19 bits per heavy atom. The third-order valence-corrected chi connectivity index (χ3v) is 3.35. The summed E-state index contributed by atoms with van der Waals surface area (Å²) in [6.07, 6.45) is 6.51. The van der Waals surface area contributed by atoms with E-state index in [1.54, 1.807) is 6.07 Å². The quantitative estimate of drug-likeness (QED) is 0.367. The van der Waals surface area contributed by atoms with Crippen LogP contribution in [-0.4, -0.2) is 31.7 Å². The van der Waals surface area contributed by atoms with Gasteiger partial charge in [-0.1, -0.05) is 29.8 Å². The number of nitrogens with one attached hydrogen (secondary N) is 2. The van der Waals surface area contributed by atoms with E-state index in [1.807, 2.05) is 18.2 Å². The molecule has 2 N–H and O–H groups in total. The van der Waals surface area contributed by atoms with E-state index in [2.05, 4.69) is 34.7 Å². The molecule has 21 heavy (non-hydrogen) atoms. The molecule has 0 bridgehead atoms. The SMILES string of the molecule is CCNC(=NCCOc1cccc(Cl)c1)NC1CC=CC1. The maximum Gasteiger partial charge on any atom is 0.191 e. The first kappa shape index (κ1) is 15.7. The zero-order valence-electron chi connectivity index (χ0n) is 12.3. The van der Waals surface area contributed by atoms with Gasteiger partial charge in [0.2, 0.25) is 0 Å². The summed E-state index contributed by atoms with van der Waals surface area (Å²) in [7, 11) is 0. The number of hydrogen-bond acceptors (Lipinski definition) is 2. The summed E-state index contributed by atoms with van der Waals surface area (Å²) in [5, 5.41) is 7.36. The average Bonchev–Trinajstić information content (AvgIpc) is 2.97. The number of benzene rings is 1. The van der Waals surface area contributed by atoms with Crippen LogP contribution in [0.25, 0.3) is 0 Å². The molecule has 0 aromatic heterocycles. The van der Waals surface area contributed by atoms with Crippen LogP contribution in [0, 0.1) is 0 Å². The van der Waals surface area contributed by atoms with Gasteiger partial charge < -0.3 is 15.4 Å². The zero-order chi connectivity index (χ0) is 14.9. The van der Waals surface area contributed by atoms with Gasteiger partial charge in [-0.2, -0.15) is 0 Å². The second kappa shape index (κ2) is 8.57. The monoisotopic (exact) mass is 307 g/mol. The molecule has 0 atom stereocenters. The van der Waals surface area contributed by atoms with Gasteiger partial charge in [-0.05, 0) is 38.0 Å². The van der Waals surface area contributed by atoms with Gasteiger partial charge in [-0.3, -0.25) is 0 Å². The van der Waals surface area contributed by atoms with Crippen molar-refractivity contribution in [1.82, 2.24) is 10.6 Å². The molecule has 0 fully saturated rings.